The third kappa shape index (κ3) is 4.07. The zero-order chi connectivity index (χ0) is 16.9. The molecule has 1 fully saturated rings. The standard InChI is InChI=1S/C20H23NO3/c1-14-8-11-17(18(12-14)23-2)24-13-19(22)21-20(16-9-10-16)15-6-4-3-5-7-15/h3-8,11-12,16,20H,9-10,13H2,1-2H3,(H,21,22). The number of hydrogen-bond acceptors (Lipinski definition) is 3. The number of carbonyl (C=O) groups is 1. The zero-order valence-corrected chi connectivity index (χ0v) is 14.1. The van der Waals surface area contributed by atoms with Gasteiger partial charge in [0.15, 0.2) is 18.1 Å². The maximum atomic E-state index is 12.3. The molecule has 126 valence electrons. The number of carbonyl (C=O) groups excluding carboxylic acids is 1. The third-order valence-corrected chi connectivity index (χ3v) is 4.25. The third-order valence-electron chi connectivity index (χ3n) is 4.25. The number of rotatable bonds is 7. The van der Waals surface area contributed by atoms with E-state index in [1.54, 1.807) is 7.11 Å². The first kappa shape index (κ1) is 16.4. The van der Waals surface area contributed by atoms with Gasteiger partial charge in [-0.05, 0) is 48.9 Å². The van der Waals surface area contributed by atoms with E-state index in [4.69, 9.17) is 9.47 Å². The fourth-order valence-corrected chi connectivity index (χ4v) is 2.82. The van der Waals surface area contributed by atoms with E-state index in [9.17, 15) is 4.79 Å². The summed E-state index contributed by atoms with van der Waals surface area (Å²) in [5.74, 6) is 1.65. The van der Waals surface area contributed by atoms with Crippen LogP contribution >= 0.6 is 0 Å². The van der Waals surface area contributed by atoms with Gasteiger partial charge in [0.25, 0.3) is 5.91 Å². The number of ether oxygens (including phenoxy) is 2. The van der Waals surface area contributed by atoms with Crippen molar-refractivity contribution in [3.8, 4) is 11.5 Å². The number of hydrogen-bond donors (Lipinski definition) is 1. The molecule has 0 radical (unpaired) electrons. The lowest BCUT2D eigenvalue weighted by Gasteiger charge is -2.19. The lowest BCUT2D eigenvalue weighted by Crippen LogP contribution is -2.33. The Kier molecular flexibility index (Phi) is 5.04. The highest BCUT2D eigenvalue weighted by atomic mass is 16.5. The molecule has 1 N–H and O–H groups in total. The highest BCUT2D eigenvalue weighted by Crippen LogP contribution is 2.40. The molecule has 0 heterocycles. The fourth-order valence-electron chi connectivity index (χ4n) is 2.82. The largest absolute Gasteiger partial charge is 0.493 e. The highest BCUT2D eigenvalue weighted by Gasteiger charge is 2.33. The average Bonchev–Trinajstić information content (AvgIpc) is 3.44. The van der Waals surface area contributed by atoms with Crippen LogP contribution < -0.4 is 14.8 Å². The van der Waals surface area contributed by atoms with Gasteiger partial charge in [-0.25, -0.2) is 0 Å². The lowest BCUT2D eigenvalue weighted by atomic mass is 10.0. The van der Waals surface area contributed by atoms with Gasteiger partial charge in [-0.3, -0.25) is 4.79 Å². The molecule has 1 amide bonds. The summed E-state index contributed by atoms with van der Waals surface area (Å²) >= 11 is 0. The molecule has 24 heavy (non-hydrogen) atoms. The van der Waals surface area contributed by atoms with E-state index in [0.717, 1.165) is 24.0 Å². The molecular weight excluding hydrogens is 302 g/mol. The minimum Gasteiger partial charge on any atom is -0.493 e. The predicted octanol–water partition coefficient (Wildman–Crippen LogP) is 3.65. The van der Waals surface area contributed by atoms with Gasteiger partial charge in [0.2, 0.25) is 0 Å². The van der Waals surface area contributed by atoms with Crippen molar-refractivity contribution < 1.29 is 14.3 Å². The Balaban J connectivity index is 1.61. The molecule has 0 spiro atoms. The Morgan fingerprint density at radius 2 is 1.92 bits per heavy atom. The van der Waals surface area contributed by atoms with E-state index in [1.807, 2.05) is 43.3 Å². The maximum Gasteiger partial charge on any atom is 0.258 e. The van der Waals surface area contributed by atoms with E-state index < -0.39 is 0 Å². The van der Waals surface area contributed by atoms with Gasteiger partial charge < -0.3 is 14.8 Å². The van der Waals surface area contributed by atoms with Crippen molar-refractivity contribution in [2.45, 2.75) is 25.8 Å². The molecule has 1 atom stereocenters. The van der Waals surface area contributed by atoms with Crippen LogP contribution in [-0.4, -0.2) is 19.6 Å². The summed E-state index contributed by atoms with van der Waals surface area (Å²) in [5, 5.41) is 3.11. The van der Waals surface area contributed by atoms with Crippen molar-refractivity contribution in [3.05, 3.63) is 59.7 Å². The smallest absolute Gasteiger partial charge is 0.258 e. The molecule has 3 rings (SSSR count). The van der Waals surface area contributed by atoms with Gasteiger partial charge in [0.05, 0.1) is 13.2 Å². The van der Waals surface area contributed by atoms with E-state index in [2.05, 4.69) is 17.4 Å². The normalized spacial score (nSPS) is 14.8. The summed E-state index contributed by atoms with van der Waals surface area (Å²) in [7, 11) is 1.60. The molecule has 2 aromatic carbocycles. The van der Waals surface area contributed by atoms with Gasteiger partial charge in [-0.15, -0.1) is 0 Å². The number of aryl methyl sites for hydroxylation is 1. The molecule has 0 saturated heterocycles. The summed E-state index contributed by atoms with van der Waals surface area (Å²) < 4.78 is 10.9. The van der Waals surface area contributed by atoms with E-state index in [-0.39, 0.29) is 18.6 Å². The molecule has 1 unspecified atom stereocenters. The summed E-state index contributed by atoms with van der Waals surface area (Å²) in [6, 6.07) is 15.9. The monoisotopic (exact) mass is 325 g/mol. The van der Waals surface area contributed by atoms with Crippen LogP contribution in [0, 0.1) is 12.8 Å². The van der Waals surface area contributed by atoms with Crippen molar-refractivity contribution in [1.82, 2.24) is 5.32 Å². The summed E-state index contributed by atoms with van der Waals surface area (Å²) in [4.78, 5) is 12.3. The number of nitrogens with one attached hydrogen (secondary N) is 1. The Bertz CT molecular complexity index is 695. The Hall–Kier alpha value is -2.49. The Labute approximate surface area is 142 Å². The minimum absolute atomic E-state index is 0.0184. The molecule has 1 saturated carbocycles. The second-order valence-corrected chi connectivity index (χ2v) is 6.24. The number of methoxy groups -OCH3 is 1. The van der Waals surface area contributed by atoms with Crippen LogP contribution in [0.4, 0.5) is 0 Å². The van der Waals surface area contributed by atoms with Crippen molar-refractivity contribution >= 4 is 5.91 Å². The Morgan fingerprint density at radius 3 is 2.58 bits per heavy atom. The number of benzene rings is 2. The van der Waals surface area contributed by atoms with Crippen LogP contribution in [0.1, 0.15) is 30.0 Å². The topological polar surface area (TPSA) is 47.6 Å². The van der Waals surface area contributed by atoms with Crippen LogP contribution in [0.3, 0.4) is 0 Å². The van der Waals surface area contributed by atoms with Gasteiger partial charge >= 0.3 is 0 Å². The quantitative estimate of drug-likeness (QED) is 0.845. The maximum absolute atomic E-state index is 12.3. The van der Waals surface area contributed by atoms with Gasteiger partial charge in [-0.2, -0.15) is 0 Å². The minimum atomic E-state index is -0.113. The molecule has 0 bridgehead atoms. The fraction of sp³-hybridized carbons (Fsp3) is 0.350. The predicted molar refractivity (Wildman–Crippen MR) is 93.3 cm³/mol. The molecule has 0 aromatic heterocycles. The van der Waals surface area contributed by atoms with E-state index in [1.165, 1.54) is 0 Å². The van der Waals surface area contributed by atoms with Crippen LogP contribution in [-0.2, 0) is 4.79 Å². The molecule has 4 nitrogen and oxygen atoms in total. The molecule has 0 aliphatic heterocycles. The first-order valence-electron chi connectivity index (χ1n) is 8.29. The second-order valence-electron chi connectivity index (χ2n) is 6.24. The average molecular weight is 325 g/mol. The summed E-state index contributed by atoms with van der Waals surface area (Å²) in [6.45, 7) is 1.97. The van der Waals surface area contributed by atoms with Crippen LogP contribution in [0.25, 0.3) is 0 Å². The van der Waals surface area contributed by atoms with Crippen LogP contribution in [0.15, 0.2) is 48.5 Å². The zero-order valence-electron chi connectivity index (χ0n) is 14.1. The number of amides is 1. The first-order chi connectivity index (χ1) is 11.7. The highest BCUT2D eigenvalue weighted by molar-refractivity contribution is 5.78. The first-order valence-corrected chi connectivity index (χ1v) is 8.29. The van der Waals surface area contributed by atoms with Crippen molar-refractivity contribution in [2.75, 3.05) is 13.7 Å². The van der Waals surface area contributed by atoms with Crippen molar-refractivity contribution in [2.24, 2.45) is 5.92 Å². The van der Waals surface area contributed by atoms with Crippen molar-refractivity contribution in [3.63, 3.8) is 0 Å². The van der Waals surface area contributed by atoms with Crippen molar-refractivity contribution in [1.29, 1.82) is 0 Å². The molecule has 4 heteroatoms. The van der Waals surface area contributed by atoms with E-state index >= 15 is 0 Å². The second kappa shape index (κ2) is 7.39. The SMILES string of the molecule is COc1cc(C)ccc1OCC(=O)NC(c1ccccc1)C1CC1. The van der Waals surface area contributed by atoms with Gasteiger partial charge in [0, 0.05) is 0 Å². The lowest BCUT2D eigenvalue weighted by molar-refractivity contribution is -0.124. The molecule has 2 aromatic rings. The molecule has 1 aliphatic carbocycles. The Morgan fingerprint density at radius 1 is 1.17 bits per heavy atom. The van der Waals surface area contributed by atoms with Crippen LogP contribution in [0.2, 0.25) is 0 Å². The van der Waals surface area contributed by atoms with E-state index in [0.29, 0.717) is 17.4 Å². The summed E-state index contributed by atoms with van der Waals surface area (Å²) in [6.07, 6.45) is 2.32. The van der Waals surface area contributed by atoms with Gasteiger partial charge in [0.1, 0.15) is 0 Å². The van der Waals surface area contributed by atoms with Crippen LogP contribution in [0.5, 0.6) is 11.5 Å². The molecule has 1 aliphatic rings. The van der Waals surface area contributed by atoms with Gasteiger partial charge in [-0.1, -0.05) is 36.4 Å². The summed E-state index contributed by atoms with van der Waals surface area (Å²) in [5.41, 5.74) is 2.24. The molecular formula is C20H23NO3.